The molecule has 11 heteroatoms. The van der Waals surface area contributed by atoms with Crippen molar-refractivity contribution < 1.29 is 26.9 Å². The number of rotatable bonds is 4. The number of benzene rings is 1. The lowest BCUT2D eigenvalue weighted by molar-refractivity contribution is -0.577. The van der Waals surface area contributed by atoms with Crippen LogP contribution in [-0.4, -0.2) is 26.6 Å². The number of nitrogens with zero attached hydrogens (tertiary/aromatic N) is 2. The van der Waals surface area contributed by atoms with Gasteiger partial charge in [-0.25, -0.2) is 14.8 Å². The van der Waals surface area contributed by atoms with Crippen molar-refractivity contribution in [3.63, 3.8) is 0 Å². The first kappa shape index (κ1) is 17.3. The van der Waals surface area contributed by atoms with Gasteiger partial charge in [-0.05, 0) is 19.1 Å². The minimum atomic E-state index is -4.18. The molecule has 0 unspecified atom stereocenters. The molecule has 0 saturated heterocycles. The van der Waals surface area contributed by atoms with Crippen LogP contribution >= 0.6 is 0 Å². The molecule has 0 saturated carbocycles. The van der Waals surface area contributed by atoms with Crippen molar-refractivity contribution in [1.29, 1.82) is 0 Å². The number of nitrogens with two attached hydrogens (primary N) is 1. The minimum Gasteiger partial charge on any atom is -0.754 e. The third-order valence-corrected chi connectivity index (χ3v) is 4.07. The van der Waals surface area contributed by atoms with E-state index in [-0.39, 0.29) is 9.63 Å². The van der Waals surface area contributed by atoms with Crippen molar-refractivity contribution in [3.8, 4) is 5.88 Å². The number of nitrogens with one attached hydrogen (secondary N) is 1. The van der Waals surface area contributed by atoms with Crippen LogP contribution in [0.15, 0.2) is 35.2 Å². The molecule has 2 rings (SSSR count). The summed E-state index contributed by atoms with van der Waals surface area (Å²) < 4.78 is 33.7. The summed E-state index contributed by atoms with van der Waals surface area (Å²) >= 11 is 0. The predicted octanol–water partition coefficient (Wildman–Crippen LogP) is 0.552. The van der Waals surface area contributed by atoms with Crippen LogP contribution in [0, 0.1) is 12.1 Å². The summed E-state index contributed by atoms with van der Waals surface area (Å²) in [4.78, 5) is 14.6. The molecule has 1 aromatic heterocycles. The molecule has 10 nitrogen and oxygen atoms in total. The van der Waals surface area contributed by atoms with Gasteiger partial charge in [-0.2, -0.15) is 8.42 Å². The van der Waals surface area contributed by atoms with Gasteiger partial charge < -0.3 is 19.9 Å². The number of aromatic nitrogens is 2. The Bertz CT molecular complexity index is 867. The van der Waals surface area contributed by atoms with E-state index in [1.807, 2.05) is 0 Å². The molecule has 1 amide bonds. The zero-order valence-corrected chi connectivity index (χ0v) is 13.5. The molecule has 0 spiro atoms. The summed E-state index contributed by atoms with van der Waals surface area (Å²) in [7, 11) is -3.09. The number of anilines is 2. The van der Waals surface area contributed by atoms with E-state index in [1.165, 1.54) is 12.1 Å². The number of carbonyl (C=O) groups excluding carboxylic acids is 1. The van der Waals surface area contributed by atoms with Gasteiger partial charge in [-0.15, -0.1) is 0 Å². The number of methoxy groups -OCH3 is 1. The van der Waals surface area contributed by atoms with Crippen molar-refractivity contribution in [2.24, 2.45) is 0 Å². The van der Waals surface area contributed by atoms with E-state index in [1.54, 1.807) is 19.1 Å². The average Bonchev–Trinajstić information content (AvgIpc) is 2.52. The maximum atomic E-state index is 12.2. The zero-order valence-electron chi connectivity index (χ0n) is 12.7. The Kier molecular flexibility index (Phi) is 4.74. The molecule has 0 atom stereocenters. The lowest BCUT2D eigenvalue weighted by Gasteiger charge is -2.13. The number of carbonyl (C=O) groups is 1. The molecule has 0 bridgehead atoms. The summed E-state index contributed by atoms with van der Waals surface area (Å²) in [6, 6.07) is 6.82. The normalized spacial score (nSPS) is 10.9. The molecule has 2 aromatic rings. The summed E-state index contributed by atoms with van der Waals surface area (Å²) in [6.07, 6.45) is -0.947. The van der Waals surface area contributed by atoms with Crippen molar-refractivity contribution >= 4 is 28.0 Å². The van der Waals surface area contributed by atoms with E-state index in [0.29, 0.717) is 0 Å². The fourth-order valence-corrected chi connectivity index (χ4v) is 2.52. The van der Waals surface area contributed by atoms with Crippen LogP contribution < -0.4 is 20.0 Å². The van der Waals surface area contributed by atoms with Gasteiger partial charge in [0.25, 0.3) is 5.88 Å². The van der Waals surface area contributed by atoms with E-state index in [0.717, 1.165) is 18.7 Å². The second kappa shape index (κ2) is 6.58. The molecule has 1 aromatic carbocycles. The van der Waals surface area contributed by atoms with E-state index in [2.05, 4.69) is 15.0 Å². The van der Waals surface area contributed by atoms with E-state index in [4.69, 9.17) is 9.92 Å². The van der Waals surface area contributed by atoms with Crippen LogP contribution in [0.25, 0.3) is 0 Å². The largest absolute Gasteiger partial charge is 0.754 e. The van der Waals surface area contributed by atoms with Crippen LogP contribution in [0.3, 0.4) is 0 Å². The molecular weight excluding hydrogens is 340 g/mol. The van der Waals surface area contributed by atoms with Gasteiger partial charge in [0.05, 0.1) is 13.2 Å². The van der Waals surface area contributed by atoms with Gasteiger partial charge in [-0.1, -0.05) is 22.7 Å². The van der Waals surface area contributed by atoms with Gasteiger partial charge in [0.15, 0.2) is 0 Å². The fraction of sp³-hybridized carbons (Fsp3) is 0.154. The van der Waals surface area contributed by atoms with E-state index in [9.17, 15) is 18.4 Å². The lowest BCUT2D eigenvalue weighted by atomic mass is 10.2. The molecule has 24 heavy (non-hydrogen) atoms. The smallest absolute Gasteiger partial charge is 0.458 e. The monoisotopic (exact) mass is 354 g/mol. The first-order chi connectivity index (χ1) is 11.2. The van der Waals surface area contributed by atoms with Crippen LogP contribution in [0.1, 0.15) is 5.56 Å². The number of hydrogen-bond donors (Lipinski definition) is 2. The Labute approximate surface area is 137 Å². The summed E-state index contributed by atoms with van der Waals surface area (Å²) in [6.45, 7) is 1.80. The second-order valence-corrected chi connectivity index (χ2v) is 6.15. The fourth-order valence-electron chi connectivity index (χ4n) is 1.64. The highest BCUT2D eigenvalue weighted by atomic mass is 32.2. The third kappa shape index (κ3) is 3.81. The van der Waals surface area contributed by atoms with Crippen LogP contribution in [0.5, 0.6) is 5.88 Å². The third-order valence-electron chi connectivity index (χ3n) is 2.83. The number of nitrogen functional groups attached to an aromatic ring is 1. The summed E-state index contributed by atoms with van der Waals surface area (Å²) in [5.74, 6) is -1.49. The Hall–Kier alpha value is -3.08. The molecule has 0 aliphatic rings. The lowest BCUT2D eigenvalue weighted by Crippen LogP contribution is -2.37. The first-order valence-corrected chi connectivity index (χ1v) is 7.90. The zero-order chi connectivity index (χ0) is 17.9. The number of aryl methyl sites for hydroxylation is 1. The first-order valence-electron chi connectivity index (χ1n) is 6.49. The second-order valence-electron chi connectivity index (χ2n) is 4.60. The van der Waals surface area contributed by atoms with Gasteiger partial charge in [0.1, 0.15) is 4.90 Å². The number of ether oxygens (including phenoxy) is 1. The van der Waals surface area contributed by atoms with Gasteiger partial charge >= 0.3 is 22.2 Å². The highest BCUT2D eigenvalue weighted by Gasteiger charge is 2.22. The quantitative estimate of drug-likeness (QED) is 0.459. The van der Waals surface area contributed by atoms with E-state index < -0.39 is 33.9 Å². The molecule has 0 fully saturated rings. The number of hydrogen-bond acceptors (Lipinski definition) is 8. The van der Waals surface area contributed by atoms with Gasteiger partial charge in [0.2, 0.25) is 5.82 Å². The van der Waals surface area contributed by atoms with Crippen molar-refractivity contribution in [2.45, 2.75) is 11.8 Å². The SMILES string of the molecule is COC(=O)Nc1cc(OS(=O)(=O)c2ccc(C)cc2)nc(N)[n+]1[O-]. The Balaban J connectivity index is 2.35. The molecule has 128 valence electrons. The number of amides is 1. The van der Waals surface area contributed by atoms with Crippen molar-refractivity contribution in [3.05, 3.63) is 41.1 Å². The highest BCUT2D eigenvalue weighted by molar-refractivity contribution is 7.87. The topological polar surface area (TPSA) is 148 Å². The Morgan fingerprint density at radius 1 is 1.33 bits per heavy atom. The van der Waals surface area contributed by atoms with Crippen LogP contribution in [-0.2, 0) is 14.9 Å². The molecule has 0 aliphatic carbocycles. The van der Waals surface area contributed by atoms with Gasteiger partial charge in [0, 0.05) is 0 Å². The van der Waals surface area contributed by atoms with Crippen molar-refractivity contribution in [1.82, 2.24) is 4.98 Å². The van der Waals surface area contributed by atoms with Gasteiger partial charge in [-0.3, -0.25) is 0 Å². The van der Waals surface area contributed by atoms with Crippen molar-refractivity contribution in [2.75, 3.05) is 18.2 Å². The predicted molar refractivity (Wildman–Crippen MR) is 82.6 cm³/mol. The van der Waals surface area contributed by atoms with E-state index >= 15 is 0 Å². The molecule has 0 radical (unpaired) electrons. The maximum absolute atomic E-state index is 12.2. The Morgan fingerprint density at radius 2 is 1.96 bits per heavy atom. The van der Waals surface area contributed by atoms with Crippen LogP contribution in [0.4, 0.5) is 16.6 Å². The molecule has 0 aliphatic heterocycles. The van der Waals surface area contributed by atoms with Crippen LogP contribution in [0.2, 0.25) is 0 Å². The molecule has 1 heterocycles. The highest BCUT2D eigenvalue weighted by Crippen LogP contribution is 2.19. The standard InChI is InChI=1S/C13H14N4O6S/c1-8-3-5-9(6-4-8)24(20,21)23-11-7-10(15-13(18)22-2)17(19)12(14)16-11/h3-7H,1-2H3,(H2,14,16)(H,15,18). The summed E-state index contributed by atoms with van der Waals surface area (Å²) in [5.41, 5.74) is 6.26. The summed E-state index contributed by atoms with van der Waals surface area (Å²) in [5, 5.41) is 13.8. The average molecular weight is 354 g/mol. The molecular formula is C13H14N4O6S. The molecule has 3 N–H and O–H groups in total. The minimum absolute atomic E-state index is 0.0856. The maximum Gasteiger partial charge on any atom is 0.458 e. The Morgan fingerprint density at radius 3 is 2.54 bits per heavy atom.